The van der Waals surface area contributed by atoms with Crippen LogP contribution in [-0.4, -0.2) is 44.7 Å². The van der Waals surface area contributed by atoms with Gasteiger partial charge in [0.2, 0.25) is 0 Å². The van der Waals surface area contributed by atoms with Crippen molar-refractivity contribution in [1.82, 2.24) is 10.2 Å². The highest BCUT2D eigenvalue weighted by Gasteiger charge is 2.18. The molecule has 1 aliphatic rings. The Morgan fingerprint density at radius 1 is 1.09 bits per heavy atom. The van der Waals surface area contributed by atoms with E-state index >= 15 is 0 Å². The molecular weight excluding hydrogens is 284 g/mol. The van der Waals surface area contributed by atoms with Gasteiger partial charge < -0.3 is 10.1 Å². The molecule has 0 saturated carbocycles. The number of hydrogen-bond acceptors (Lipinski definition) is 3. The lowest BCUT2D eigenvalue weighted by atomic mass is 9.93. The summed E-state index contributed by atoms with van der Waals surface area (Å²) in [7, 11) is 2.04. The van der Waals surface area contributed by atoms with Crippen molar-refractivity contribution in [2.24, 2.45) is 5.92 Å². The molecular formula is C20H28N2O. The Labute approximate surface area is 139 Å². The summed E-state index contributed by atoms with van der Waals surface area (Å²) >= 11 is 0. The standard InChI is InChI=1S/C20H28N2O/c1-21-11-8-17-9-12-22(13-10-17)14-15-23-20-7-6-18-4-2-3-5-19(18)16-20/h2-7,16-17,21H,8-15H2,1H3. The third kappa shape index (κ3) is 4.69. The zero-order valence-electron chi connectivity index (χ0n) is 14.1. The van der Waals surface area contributed by atoms with Crippen molar-refractivity contribution < 1.29 is 4.74 Å². The molecule has 2 aromatic rings. The predicted molar refractivity (Wildman–Crippen MR) is 97.2 cm³/mol. The number of hydrogen-bond donors (Lipinski definition) is 1. The van der Waals surface area contributed by atoms with Crippen molar-refractivity contribution in [2.75, 3.05) is 39.8 Å². The highest BCUT2D eigenvalue weighted by molar-refractivity contribution is 5.83. The molecule has 0 atom stereocenters. The van der Waals surface area contributed by atoms with Gasteiger partial charge in [-0.1, -0.05) is 30.3 Å². The fraction of sp³-hybridized carbons (Fsp3) is 0.500. The molecule has 1 N–H and O–H groups in total. The van der Waals surface area contributed by atoms with Crippen LogP contribution in [0.2, 0.25) is 0 Å². The van der Waals surface area contributed by atoms with Gasteiger partial charge in [0.1, 0.15) is 12.4 Å². The van der Waals surface area contributed by atoms with Gasteiger partial charge in [-0.2, -0.15) is 0 Å². The number of fused-ring (bicyclic) bond motifs is 1. The van der Waals surface area contributed by atoms with E-state index in [2.05, 4.69) is 52.7 Å². The fourth-order valence-corrected chi connectivity index (χ4v) is 3.40. The van der Waals surface area contributed by atoms with E-state index < -0.39 is 0 Å². The minimum absolute atomic E-state index is 0.777. The normalized spacial score (nSPS) is 16.7. The third-order valence-electron chi connectivity index (χ3n) is 4.91. The maximum Gasteiger partial charge on any atom is 0.120 e. The van der Waals surface area contributed by atoms with Gasteiger partial charge in [0.15, 0.2) is 0 Å². The van der Waals surface area contributed by atoms with Gasteiger partial charge in [-0.05, 0) is 74.8 Å². The van der Waals surface area contributed by atoms with Crippen LogP contribution >= 0.6 is 0 Å². The van der Waals surface area contributed by atoms with Gasteiger partial charge in [-0.3, -0.25) is 4.90 Å². The van der Waals surface area contributed by atoms with Crippen molar-refractivity contribution >= 4 is 10.8 Å². The summed E-state index contributed by atoms with van der Waals surface area (Å²) < 4.78 is 5.96. The van der Waals surface area contributed by atoms with Crippen molar-refractivity contribution in [3.05, 3.63) is 42.5 Å². The van der Waals surface area contributed by atoms with E-state index in [0.29, 0.717) is 0 Å². The Balaban J connectivity index is 1.41. The molecule has 0 spiro atoms. The second kappa shape index (κ2) is 8.32. The molecule has 3 nitrogen and oxygen atoms in total. The Hall–Kier alpha value is -1.58. The molecule has 3 rings (SSSR count). The molecule has 1 saturated heterocycles. The zero-order valence-corrected chi connectivity index (χ0v) is 14.1. The van der Waals surface area contributed by atoms with Gasteiger partial charge in [0, 0.05) is 6.54 Å². The zero-order chi connectivity index (χ0) is 15.9. The molecule has 1 fully saturated rings. The minimum Gasteiger partial charge on any atom is -0.492 e. The van der Waals surface area contributed by atoms with Crippen molar-refractivity contribution in [1.29, 1.82) is 0 Å². The van der Waals surface area contributed by atoms with Gasteiger partial charge in [0.05, 0.1) is 0 Å². The average Bonchev–Trinajstić information content (AvgIpc) is 2.61. The molecule has 3 heteroatoms. The molecule has 0 bridgehead atoms. The third-order valence-corrected chi connectivity index (χ3v) is 4.91. The maximum absolute atomic E-state index is 5.96. The quantitative estimate of drug-likeness (QED) is 0.846. The number of ether oxygens (including phenoxy) is 1. The maximum atomic E-state index is 5.96. The molecule has 0 unspecified atom stereocenters. The molecule has 124 valence electrons. The monoisotopic (exact) mass is 312 g/mol. The molecule has 1 heterocycles. The van der Waals surface area contributed by atoms with E-state index in [1.165, 1.54) is 43.1 Å². The van der Waals surface area contributed by atoms with Gasteiger partial charge in [-0.25, -0.2) is 0 Å². The van der Waals surface area contributed by atoms with E-state index in [0.717, 1.165) is 31.4 Å². The van der Waals surface area contributed by atoms with Crippen molar-refractivity contribution in [3.8, 4) is 5.75 Å². The second-order valence-corrected chi connectivity index (χ2v) is 6.53. The van der Waals surface area contributed by atoms with E-state index in [9.17, 15) is 0 Å². The minimum atomic E-state index is 0.777. The van der Waals surface area contributed by atoms with E-state index in [1.807, 2.05) is 7.05 Å². The lowest BCUT2D eigenvalue weighted by Gasteiger charge is -2.31. The van der Waals surface area contributed by atoms with Crippen LogP contribution in [0.25, 0.3) is 10.8 Å². The summed E-state index contributed by atoms with van der Waals surface area (Å²) in [5.41, 5.74) is 0. The van der Waals surface area contributed by atoms with E-state index in [4.69, 9.17) is 4.74 Å². The van der Waals surface area contributed by atoms with E-state index in [1.54, 1.807) is 0 Å². The Morgan fingerprint density at radius 2 is 1.87 bits per heavy atom. The summed E-state index contributed by atoms with van der Waals surface area (Å²) in [5.74, 6) is 1.88. The fourth-order valence-electron chi connectivity index (χ4n) is 3.40. The molecule has 2 aromatic carbocycles. The highest BCUT2D eigenvalue weighted by Crippen LogP contribution is 2.22. The Morgan fingerprint density at radius 3 is 2.65 bits per heavy atom. The lowest BCUT2D eigenvalue weighted by Crippen LogP contribution is -2.37. The van der Waals surface area contributed by atoms with Crippen LogP contribution in [0.3, 0.4) is 0 Å². The van der Waals surface area contributed by atoms with Crippen LogP contribution < -0.4 is 10.1 Å². The molecule has 1 aliphatic heterocycles. The lowest BCUT2D eigenvalue weighted by molar-refractivity contribution is 0.151. The number of benzene rings is 2. The molecule has 0 aromatic heterocycles. The molecule has 0 radical (unpaired) electrons. The van der Waals surface area contributed by atoms with Crippen molar-refractivity contribution in [3.63, 3.8) is 0 Å². The first-order chi connectivity index (χ1) is 11.3. The summed E-state index contributed by atoms with van der Waals surface area (Å²) in [6.45, 7) is 5.39. The molecule has 0 amide bonds. The average molecular weight is 312 g/mol. The van der Waals surface area contributed by atoms with Crippen LogP contribution in [0.1, 0.15) is 19.3 Å². The summed E-state index contributed by atoms with van der Waals surface area (Å²) in [4.78, 5) is 2.54. The van der Waals surface area contributed by atoms with Crippen LogP contribution in [0.15, 0.2) is 42.5 Å². The highest BCUT2D eigenvalue weighted by atomic mass is 16.5. The Kier molecular flexibility index (Phi) is 5.89. The predicted octanol–water partition coefficient (Wildman–Crippen LogP) is 3.54. The summed E-state index contributed by atoms with van der Waals surface area (Å²) in [6, 6.07) is 14.8. The second-order valence-electron chi connectivity index (χ2n) is 6.53. The summed E-state index contributed by atoms with van der Waals surface area (Å²) in [5, 5.41) is 5.77. The first-order valence-electron chi connectivity index (χ1n) is 8.84. The van der Waals surface area contributed by atoms with Gasteiger partial charge in [0.25, 0.3) is 0 Å². The smallest absolute Gasteiger partial charge is 0.120 e. The number of nitrogens with one attached hydrogen (secondary N) is 1. The number of likely N-dealkylation sites (tertiary alicyclic amines) is 1. The van der Waals surface area contributed by atoms with Gasteiger partial charge in [-0.15, -0.1) is 0 Å². The largest absolute Gasteiger partial charge is 0.492 e. The SMILES string of the molecule is CNCCC1CCN(CCOc2ccc3ccccc3c2)CC1. The van der Waals surface area contributed by atoms with Crippen LogP contribution in [-0.2, 0) is 0 Å². The Bertz CT molecular complexity index is 605. The number of rotatable bonds is 7. The number of piperidine rings is 1. The topological polar surface area (TPSA) is 24.5 Å². The molecule has 0 aliphatic carbocycles. The van der Waals surface area contributed by atoms with Gasteiger partial charge >= 0.3 is 0 Å². The first kappa shape index (κ1) is 16.3. The molecule has 23 heavy (non-hydrogen) atoms. The van der Waals surface area contributed by atoms with Crippen molar-refractivity contribution in [2.45, 2.75) is 19.3 Å². The first-order valence-corrected chi connectivity index (χ1v) is 8.84. The number of nitrogens with zero attached hydrogens (tertiary/aromatic N) is 1. The van der Waals surface area contributed by atoms with Crippen LogP contribution in [0.4, 0.5) is 0 Å². The van der Waals surface area contributed by atoms with Crippen LogP contribution in [0.5, 0.6) is 5.75 Å². The van der Waals surface area contributed by atoms with Crippen LogP contribution in [0, 0.1) is 5.92 Å². The van der Waals surface area contributed by atoms with E-state index in [-0.39, 0.29) is 0 Å². The summed E-state index contributed by atoms with van der Waals surface area (Å²) in [6.07, 6.45) is 3.98.